The topological polar surface area (TPSA) is 72.3 Å². The van der Waals surface area contributed by atoms with E-state index in [0.29, 0.717) is 24.3 Å². The number of benzene rings is 2. The normalized spacial score (nSPS) is 11.4. The smallest absolute Gasteiger partial charge is 0.228 e. The van der Waals surface area contributed by atoms with Gasteiger partial charge < -0.3 is 9.47 Å². The first-order valence-corrected chi connectivity index (χ1v) is 11.3. The van der Waals surface area contributed by atoms with E-state index >= 15 is 0 Å². The molecule has 30 heavy (non-hydrogen) atoms. The summed E-state index contributed by atoms with van der Waals surface area (Å²) in [5.41, 5.74) is 2.03. The van der Waals surface area contributed by atoms with E-state index in [9.17, 15) is 17.6 Å². The summed E-state index contributed by atoms with van der Waals surface area (Å²) in [6.45, 7) is 4.42. The Kier molecular flexibility index (Phi) is 6.66. The molecule has 0 aliphatic heterocycles. The monoisotopic (exact) mass is 429 g/mol. The Morgan fingerprint density at radius 2 is 1.73 bits per heavy atom. The third-order valence-corrected chi connectivity index (χ3v) is 6.41. The molecular weight excluding hydrogens is 405 g/mol. The van der Waals surface area contributed by atoms with E-state index in [1.807, 2.05) is 37.3 Å². The summed E-state index contributed by atoms with van der Waals surface area (Å²) in [5, 5.41) is -0.0646. The van der Waals surface area contributed by atoms with Crippen molar-refractivity contribution in [2.24, 2.45) is 0 Å². The van der Waals surface area contributed by atoms with Gasteiger partial charge in [-0.1, -0.05) is 42.5 Å². The van der Waals surface area contributed by atoms with Gasteiger partial charge in [-0.15, -0.1) is 0 Å². The SMILES string of the molecule is CCN(Cc1cnc(S(=O)(=O)Cc2ccc(F)cc2)n1Cc1ccccc1)C(C)=O. The Bertz CT molecular complexity index is 1110. The summed E-state index contributed by atoms with van der Waals surface area (Å²) in [6.07, 6.45) is 1.51. The number of sulfone groups is 1. The molecule has 0 fully saturated rings. The van der Waals surface area contributed by atoms with Gasteiger partial charge in [0.2, 0.25) is 20.9 Å². The number of carbonyl (C=O) groups excluding carboxylic acids is 1. The molecule has 0 aliphatic carbocycles. The Morgan fingerprint density at radius 1 is 1.07 bits per heavy atom. The molecular formula is C22H24FN3O3S. The van der Waals surface area contributed by atoms with Gasteiger partial charge in [0.05, 0.1) is 30.7 Å². The molecule has 0 bridgehead atoms. The number of hydrogen-bond donors (Lipinski definition) is 0. The molecule has 0 saturated heterocycles. The molecule has 2 aromatic carbocycles. The van der Waals surface area contributed by atoms with Gasteiger partial charge in [0.25, 0.3) is 0 Å². The zero-order valence-corrected chi connectivity index (χ0v) is 17.8. The van der Waals surface area contributed by atoms with Crippen molar-refractivity contribution in [3.8, 4) is 0 Å². The number of aromatic nitrogens is 2. The van der Waals surface area contributed by atoms with E-state index in [1.54, 1.807) is 9.47 Å². The van der Waals surface area contributed by atoms with Crippen LogP contribution in [0.2, 0.25) is 0 Å². The number of halogens is 1. The van der Waals surface area contributed by atoms with Gasteiger partial charge in [-0.3, -0.25) is 4.79 Å². The van der Waals surface area contributed by atoms with Crippen LogP contribution >= 0.6 is 0 Å². The highest BCUT2D eigenvalue weighted by Gasteiger charge is 2.25. The lowest BCUT2D eigenvalue weighted by Crippen LogP contribution is -2.29. The molecule has 158 valence electrons. The fraction of sp³-hybridized carbons (Fsp3) is 0.273. The molecule has 0 atom stereocenters. The summed E-state index contributed by atoms with van der Waals surface area (Å²) >= 11 is 0. The molecule has 0 unspecified atom stereocenters. The number of carbonyl (C=O) groups is 1. The minimum atomic E-state index is -3.79. The van der Waals surface area contributed by atoms with Crippen molar-refractivity contribution in [2.45, 2.75) is 37.8 Å². The average Bonchev–Trinajstić information content (AvgIpc) is 3.11. The Morgan fingerprint density at radius 3 is 2.33 bits per heavy atom. The molecule has 1 heterocycles. The molecule has 3 rings (SSSR count). The molecule has 1 aromatic heterocycles. The predicted octanol–water partition coefficient (Wildman–Crippen LogP) is 3.41. The van der Waals surface area contributed by atoms with E-state index in [2.05, 4.69) is 4.98 Å². The Balaban J connectivity index is 2.00. The third kappa shape index (κ3) is 5.13. The summed E-state index contributed by atoms with van der Waals surface area (Å²) in [7, 11) is -3.79. The first kappa shape index (κ1) is 21.7. The van der Waals surface area contributed by atoms with Crippen molar-refractivity contribution in [1.82, 2.24) is 14.5 Å². The Labute approximate surface area is 175 Å². The van der Waals surface area contributed by atoms with Crippen LogP contribution in [0.25, 0.3) is 0 Å². The highest BCUT2D eigenvalue weighted by atomic mass is 32.2. The van der Waals surface area contributed by atoms with Crippen molar-refractivity contribution in [3.63, 3.8) is 0 Å². The van der Waals surface area contributed by atoms with Crippen LogP contribution in [0.1, 0.15) is 30.7 Å². The lowest BCUT2D eigenvalue weighted by atomic mass is 10.2. The molecule has 3 aromatic rings. The molecule has 6 nitrogen and oxygen atoms in total. The molecule has 0 spiro atoms. The predicted molar refractivity (Wildman–Crippen MR) is 112 cm³/mol. The second-order valence-corrected chi connectivity index (χ2v) is 8.91. The van der Waals surface area contributed by atoms with Crippen LogP contribution < -0.4 is 0 Å². The van der Waals surface area contributed by atoms with Crippen LogP contribution in [0, 0.1) is 5.82 Å². The highest BCUT2D eigenvalue weighted by Crippen LogP contribution is 2.20. The van der Waals surface area contributed by atoms with Crippen molar-refractivity contribution >= 4 is 15.7 Å². The molecule has 8 heteroatoms. The summed E-state index contributed by atoms with van der Waals surface area (Å²) in [4.78, 5) is 17.7. The first-order chi connectivity index (χ1) is 14.3. The van der Waals surface area contributed by atoms with Crippen molar-refractivity contribution < 1.29 is 17.6 Å². The third-order valence-electron chi connectivity index (χ3n) is 4.81. The zero-order valence-electron chi connectivity index (χ0n) is 17.0. The van der Waals surface area contributed by atoms with Gasteiger partial charge in [-0.05, 0) is 30.2 Å². The van der Waals surface area contributed by atoms with Crippen LogP contribution in [0.4, 0.5) is 4.39 Å². The molecule has 0 N–H and O–H groups in total. The fourth-order valence-corrected chi connectivity index (χ4v) is 4.70. The van der Waals surface area contributed by atoms with Gasteiger partial charge >= 0.3 is 0 Å². The van der Waals surface area contributed by atoms with Crippen LogP contribution in [-0.2, 0) is 33.5 Å². The number of amides is 1. The summed E-state index contributed by atoms with van der Waals surface area (Å²) in [5.74, 6) is -0.809. The second-order valence-electron chi connectivity index (χ2n) is 7.02. The quantitative estimate of drug-likeness (QED) is 0.550. The van der Waals surface area contributed by atoms with Crippen molar-refractivity contribution in [2.75, 3.05) is 6.54 Å². The molecule has 1 amide bonds. The van der Waals surface area contributed by atoms with Crippen LogP contribution in [0.3, 0.4) is 0 Å². The van der Waals surface area contributed by atoms with Gasteiger partial charge in [0, 0.05) is 13.5 Å². The second kappa shape index (κ2) is 9.21. The first-order valence-electron chi connectivity index (χ1n) is 9.61. The number of rotatable bonds is 8. The summed E-state index contributed by atoms with van der Waals surface area (Å²) in [6, 6.07) is 14.8. The number of imidazole rings is 1. The van der Waals surface area contributed by atoms with E-state index in [0.717, 1.165) is 5.56 Å². The number of hydrogen-bond acceptors (Lipinski definition) is 4. The van der Waals surface area contributed by atoms with Crippen LogP contribution in [0.5, 0.6) is 0 Å². The Hall–Kier alpha value is -3.00. The largest absolute Gasteiger partial charge is 0.337 e. The van der Waals surface area contributed by atoms with E-state index in [4.69, 9.17) is 0 Å². The van der Waals surface area contributed by atoms with Crippen LogP contribution in [-0.4, -0.2) is 35.3 Å². The van der Waals surface area contributed by atoms with E-state index in [-0.39, 0.29) is 23.4 Å². The van der Waals surface area contributed by atoms with Gasteiger partial charge in [0.1, 0.15) is 5.82 Å². The maximum atomic E-state index is 13.2. The average molecular weight is 430 g/mol. The maximum absolute atomic E-state index is 13.2. The maximum Gasteiger partial charge on any atom is 0.228 e. The zero-order chi connectivity index (χ0) is 21.7. The highest BCUT2D eigenvalue weighted by molar-refractivity contribution is 7.90. The van der Waals surface area contributed by atoms with Gasteiger partial charge in [-0.2, -0.15) is 0 Å². The van der Waals surface area contributed by atoms with Gasteiger partial charge in [-0.25, -0.2) is 17.8 Å². The van der Waals surface area contributed by atoms with Crippen molar-refractivity contribution in [3.05, 3.63) is 83.4 Å². The van der Waals surface area contributed by atoms with E-state index in [1.165, 1.54) is 37.4 Å². The molecule has 0 saturated carbocycles. The lowest BCUT2D eigenvalue weighted by Gasteiger charge is -2.20. The lowest BCUT2D eigenvalue weighted by molar-refractivity contribution is -0.129. The standard InChI is InChI=1S/C22H24FN3O3S/c1-3-25(17(2)27)15-21-13-24-22(26(21)14-18-7-5-4-6-8-18)30(28,29)16-19-9-11-20(23)12-10-19/h4-13H,3,14-16H2,1-2H3. The van der Waals surface area contributed by atoms with Crippen molar-refractivity contribution in [1.29, 1.82) is 0 Å². The minimum Gasteiger partial charge on any atom is -0.337 e. The molecule has 0 aliphatic rings. The summed E-state index contributed by atoms with van der Waals surface area (Å²) < 4.78 is 41.1. The van der Waals surface area contributed by atoms with Gasteiger partial charge in [0.15, 0.2) is 0 Å². The number of nitrogens with zero attached hydrogens (tertiary/aromatic N) is 3. The fourth-order valence-electron chi connectivity index (χ4n) is 3.21. The van der Waals surface area contributed by atoms with Crippen LogP contribution in [0.15, 0.2) is 66.0 Å². The van der Waals surface area contributed by atoms with E-state index < -0.39 is 15.7 Å². The molecule has 0 radical (unpaired) electrons. The minimum absolute atomic E-state index is 0.0646.